The zero-order valence-electron chi connectivity index (χ0n) is 14.9. The number of nitrogens with zero attached hydrogens (tertiary/aromatic N) is 4. The van der Waals surface area contributed by atoms with Crippen molar-refractivity contribution < 1.29 is 4.52 Å². The van der Waals surface area contributed by atoms with Gasteiger partial charge in [0.05, 0.1) is 22.6 Å². The molecule has 1 aliphatic carbocycles. The molecule has 2 aromatic heterocycles. The van der Waals surface area contributed by atoms with Crippen LogP contribution in [0.3, 0.4) is 0 Å². The van der Waals surface area contributed by atoms with Gasteiger partial charge in [-0.05, 0) is 44.4 Å². The molecule has 1 saturated heterocycles. The molecule has 3 heterocycles. The molecule has 1 unspecified atom stereocenters. The van der Waals surface area contributed by atoms with Crippen LogP contribution >= 0.6 is 0 Å². The van der Waals surface area contributed by atoms with Gasteiger partial charge in [0, 0.05) is 25.6 Å². The summed E-state index contributed by atoms with van der Waals surface area (Å²) in [5.74, 6) is 2.44. The average Bonchev–Trinajstić information content (AvgIpc) is 3.23. The molecular weight excluding hydrogens is 328 g/mol. The van der Waals surface area contributed by atoms with Crippen molar-refractivity contribution in [3.63, 3.8) is 0 Å². The van der Waals surface area contributed by atoms with Crippen molar-refractivity contribution in [1.29, 1.82) is 0 Å². The van der Waals surface area contributed by atoms with Gasteiger partial charge in [-0.25, -0.2) is 4.98 Å². The summed E-state index contributed by atoms with van der Waals surface area (Å²) in [5, 5.41) is 4.93. The van der Waals surface area contributed by atoms with Gasteiger partial charge in [0.15, 0.2) is 0 Å². The van der Waals surface area contributed by atoms with E-state index in [0.29, 0.717) is 11.3 Å². The van der Waals surface area contributed by atoms with E-state index in [4.69, 9.17) is 9.51 Å². The number of para-hydroxylation sites is 1. The maximum Gasteiger partial charge on any atom is 0.261 e. The Labute approximate surface area is 151 Å². The number of aromatic nitrogens is 3. The van der Waals surface area contributed by atoms with E-state index in [9.17, 15) is 4.79 Å². The summed E-state index contributed by atoms with van der Waals surface area (Å²) in [6.07, 6.45) is 4.53. The van der Waals surface area contributed by atoms with Gasteiger partial charge >= 0.3 is 0 Å². The molecule has 26 heavy (non-hydrogen) atoms. The van der Waals surface area contributed by atoms with E-state index in [0.717, 1.165) is 48.7 Å². The van der Waals surface area contributed by atoms with Crippen LogP contribution in [0.1, 0.15) is 54.9 Å². The van der Waals surface area contributed by atoms with Crippen molar-refractivity contribution in [1.82, 2.24) is 19.6 Å². The fraction of sp³-hybridized carbons (Fsp3) is 0.450. The van der Waals surface area contributed by atoms with Crippen LogP contribution in [0.2, 0.25) is 0 Å². The first-order valence-electron chi connectivity index (χ1n) is 9.36. The average molecular weight is 350 g/mol. The SMILES string of the molecule is Cn1c(C2CCCN2Cc2cc(C3CC3)on2)nc2ccccc2c1=O. The van der Waals surface area contributed by atoms with Gasteiger partial charge in [-0.1, -0.05) is 17.3 Å². The summed E-state index contributed by atoms with van der Waals surface area (Å²) in [6, 6.07) is 9.81. The molecule has 5 rings (SSSR count). The van der Waals surface area contributed by atoms with Crippen LogP contribution in [0, 0.1) is 0 Å². The molecule has 1 atom stereocenters. The molecule has 6 heteroatoms. The van der Waals surface area contributed by atoms with Gasteiger partial charge in [0.25, 0.3) is 5.56 Å². The standard InChI is InChI=1S/C20H22N4O2/c1-23-19(21-16-6-3-2-5-15(16)20(23)25)17-7-4-10-24(17)12-14-11-18(26-22-14)13-8-9-13/h2-3,5-6,11,13,17H,4,7-10,12H2,1H3. The molecule has 1 saturated carbocycles. The van der Waals surface area contributed by atoms with Gasteiger partial charge in [-0.3, -0.25) is 14.3 Å². The zero-order valence-corrected chi connectivity index (χ0v) is 14.9. The summed E-state index contributed by atoms with van der Waals surface area (Å²) < 4.78 is 7.20. The smallest absolute Gasteiger partial charge is 0.261 e. The van der Waals surface area contributed by atoms with Crippen LogP contribution in [0.4, 0.5) is 0 Å². The van der Waals surface area contributed by atoms with Gasteiger partial charge in [-0.15, -0.1) is 0 Å². The predicted molar refractivity (Wildman–Crippen MR) is 97.8 cm³/mol. The Bertz CT molecular complexity index is 1020. The highest BCUT2D eigenvalue weighted by molar-refractivity contribution is 5.77. The Hall–Kier alpha value is -2.47. The Morgan fingerprint density at radius 3 is 2.92 bits per heavy atom. The van der Waals surface area contributed by atoms with Crippen LogP contribution in [-0.2, 0) is 13.6 Å². The third kappa shape index (κ3) is 2.65. The number of hydrogen-bond donors (Lipinski definition) is 0. The topological polar surface area (TPSA) is 64.2 Å². The lowest BCUT2D eigenvalue weighted by Crippen LogP contribution is -2.30. The van der Waals surface area contributed by atoms with Gasteiger partial charge < -0.3 is 4.52 Å². The highest BCUT2D eigenvalue weighted by Crippen LogP contribution is 2.40. The summed E-state index contributed by atoms with van der Waals surface area (Å²) >= 11 is 0. The second-order valence-electron chi connectivity index (χ2n) is 7.47. The number of hydrogen-bond acceptors (Lipinski definition) is 5. The highest BCUT2D eigenvalue weighted by atomic mass is 16.5. The van der Waals surface area contributed by atoms with E-state index in [1.807, 2.05) is 31.3 Å². The second kappa shape index (κ2) is 6.06. The molecule has 0 amide bonds. The predicted octanol–water partition coefficient (Wildman–Crippen LogP) is 3.14. The molecule has 3 aromatic rings. The normalized spacial score (nSPS) is 20.9. The zero-order chi connectivity index (χ0) is 17.7. The highest BCUT2D eigenvalue weighted by Gasteiger charge is 2.32. The van der Waals surface area contributed by atoms with Gasteiger partial charge in [0.1, 0.15) is 11.6 Å². The molecule has 0 radical (unpaired) electrons. The molecule has 134 valence electrons. The number of likely N-dealkylation sites (tertiary alicyclic amines) is 1. The molecule has 2 fully saturated rings. The summed E-state index contributed by atoms with van der Waals surface area (Å²) in [7, 11) is 1.83. The number of benzene rings is 1. The minimum atomic E-state index is 0.0231. The summed E-state index contributed by atoms with van der Waals surface area (Å²) in [6.45, 7) is 1.72. The van der Waals surface area contributed by atoms with Crippen LogP contribution in [0.15, 0.2) is 39.6 Å². The lowest BCUT2D eigenvalue weighted by Gasteiger charge is -2.24. The lowest BCUT2D eigenvalue weighted by atomic mass is 10.1. The quantitative estimate of drug-likeness (QED) is 0.723. The van der Waals surface area contributed by atoms with Gasteiger partial charge in [-0.2, -0.15) is 0 Å². The first-order valence-corrected chi connectivity index (χ1v) is 9.36. The monoisotopic (exact) mass is 350 g/mol. The van der Waals surface area contributed by atoms with E-state index in [1.54, 1.807) is 4.57 Å². The molecule has 2 aliphatic rings. The molecule has 0 spiro atoms. The molecular formula is C20H22N4O2. The molecule has 0 N–H and O–H groups in total. The second-order valence-corrected chi connectivity index (χ2v) is 7.47. The van der Waals surface area contributed by atoms with E-state index in [1.165, 1.54) is 12.8 Å². The maximum absolute atomic E-state index is 12.7. The van der Waals surface area contributed by atoms with Crippen molar-refractivity contribution in [2.24, 2.45) is 7.05 Å². The Kier molecular flexibility index (Phi) is 3.67. The lowest BCUT2D eigenvalue weighted by molar-refractivity contribution is 0.227. The Balaban J connectivity index is 1.47. The van der Waals surface area contributed by atoms with Crippen LogP contribution in [-0.4, -0.2) is 26.2 Å². The number of rotatable bonds is 4. The van der Waals surface area contributed by atoms with Crippen LogP contribution in [0.25, 0.3) is 10.9 Å². The third-order valence-corrected chi connectivity index (χ3v) is 5.60. The van der Waals surface area contributed by atoms with Crippen LogP contribution < -0.4 is 5.56 Å². The Morgan fingerprint density at radius 2 is 2.08 bits per heavy atom. The molecule has 1 aromatic carbocycles. The van der Waals surface area contributed by atoms with Crippen molar-refractivity contribution >= 4 is 10.9 Å². The first kappa shape index (κ1) is 15.8. The Morgan fingerprint density at radius 1 is 1.23 bits per heavy atom. The van der Waals surface area contributed by atoms with Crippen molar-refractivity contribution in [3.8, 4) is 0 Å². The van der Waals surface area contributed by atoms with E-state index in [2.05, 4.69) is 16.1 Å². The molecule has 1 aliphatic heterocycles. The summed E-state index contributed by atoms with van der Waals surface area (Å²) in [4.78, 5) is 19.9. The summed E-state index contributed by atoms with van der Waals surface area (Å²) in [5.41, 5.74) is 1.77. The maximum atomic E-state index is 12.7. The fourth-order valence-electron chi connectivity index (χ4n) is 4.01. The minimum Gasteiger partial charge on any atom is -0.361 e. The van der Waals surface area contributed by atoms with Gasteiger partial charge in [0.2, 0.25) is 0 Å². The van der Waals surface area contributed by atoms with E-state index >= 15 is 0 Å². The fourth-order valence-corrected chi connectivity index (χ4v) is 4.01. The first-order chi connectivity index (χ1) is 12.7. The third-order valence-electron chi connectivity index (χ3n) is 5.60. The number of fused-ring (bicyclic) bond motifs is 1. The molecule has 6 nitrogen and oxygen atoms in total. The van der Waals surface area contributed by atoms with Crippen LogP contribution in [0.5, 0.6) is 0 Å². The molecule has 0 bridgehead atoms. The minimum absolute atomic E-state index is 0.0231. The van der Waals surface area contributed by atoms with E-state index in [-0.39, 0.29) is 11.6 Å². The largest absolute Gasteiger partial charge is 0.361 e. The van der Waals surface area contributed by atoms with E-state index < -0.39 is 0 Å². The van der Waals surface area contributed by atoms with Crippen molar-refractivity contribution in [2.75, 3.05) is 6.54 Å². The van der Waals surface area contributed by atoms with Crippen molar-refractivity contribution in [3.05, 3.63) is 58.0 Å². The van der Waals surface area contributed by atoms with Crippen molar-refractivity contribution in [2.45, 2.75) is 44.2 Å².